The fourth-order valence-corrected chi connectivity index (χ4v) is 3.60. The number of alkyl halides is 2. The van der Waals surface area contributed by atoms with Crippen LogP contribution in [0, 0.1) is 0 Å². The summed E-state index contributed by atoms with van der Waals surface area (Å²) in [6, 6.07) is 0. The van der Waals surface area contributed by atoms with Gasteiger partial charge in [0.25, 0.3) is 0 Å². The first-order chi connectivity index (χ1) is 8.90. The molecule has 8 heteroatoms. The van der Waals surface area contributed by atoms with Gasteiger partial charge >= 0.3 is 11.9 Å². The van der Waals surface area contributed by atoms with Crippen LogP contribution in [0.5, 0.6) is 0 Å². The molecular weight excluding hydrogens is 388 g/mol. The summed E-state index contributed by atoms with van der Waals surface area (Å²) in [5.41, 5.74) is 0. The third-order valence-electron chi connectivity index (χ3n) is 2.56. The average molecular weight is 404 g/mol. The minimum Gasteiger partial charge on any atom is -0.457 e. The van der Waals surface area contributed by atoms with E-state index in [9.17, 15) is 9.59 Å². The van der Waals surface area contributed by atoms with E-state index in [-0.39, 0.29) is 10.9 Å². The Kier molecular flexibility index (Phi) is 6.72. The number of hydrogen-bond donors (Lipinski definition) is 0. The number of carbonyl (C=O) groups excluding carboxylic acids is 2. The topological polar surface area (TPSA) is 71.1 Å². The lowest BCUT2D eigenvalue weighted by Gasteiger charge is -2.42. The monoisotopic (exact) mass is 402 g/mol. The first kappa shape index (κ1) is 16.9. The van der Waals surface area contributed by atoms with E-state index in [1.807, 2.05) is 0 Å². The molecule has 0 bridgehead atoms. The summed E-state index contributed by atoms with van der Waals surface area (Å²) in [4.78, 5) is 22.1. The van der Waals surface area contributed by atoms with Crippen LogP contribution in [0.15, 0.2) is 0 Å². The van der Waals surface area contributed by atoms with Crippen molar-refractivity contribution in [2.24, 2.45) is 0 Å². The van der Waals surface area contributed by atoms with Crippen molar-refractivity contribution in [3.8, 4) is 0 Å². The highest BCUT2D eigenvalue weighted by Crippen LogP contribution is 2.32. The van der Waals surface area contributed by atoms with Gasteiger partial charge in [0.05, 0.1) is 10.9 Å². The third kappa shape index (κ3) is 4.40. The maximum absolute atomic E-state index is 11.2. The van der Waals surface area contributed by atoms with Gasteiger partial charge in [0.2, 0.25) is 0 Å². The van der Waals surface area contributed by atoms with E-state index in [1.165, 1.54) is 21.0 Å². The number of esters is 2. The highest BCUT2D eigenvalue weighted by molar-refractivity contribution is 9.10. The molecule has 0 spiro atoms. The second kappa shape index (κ2) is 7.56. The van der Waals surface area contributed by atoms with E-state index in [4.69, 9.17) is 18.9 Å². The van der Waals surface area contributed by atoms with Gasteiger partial charge < -0.3 is 18.9 Å². The fourth-order valence-electron chi connectivity index (χ4n) is 1.82. The molecule has 0 aromatic carbocycles. The lowest BCUT2D eigenvalue weighted by molar-refractivity contribution is -0.260. The largest absolute Gasteiger partial charge is 0.457 e. The summed E-state index contributed by atoms with van der Waals surface area (Å²) in [7, 11) is 1.44. The SMILES string of the molecule is CO[C@H]1O[C@H](CBr)[C@H](Br)[C@H](OC(C)=O)[C@H]1OC(C)=O. The zero-order valence-electron chi connectivity index (χ0n) is 10.8. The molecule has 1 heterocycles. The smallest absolute Gasteiger partial charge is 0.303 e. The molecule has 1 saturated heterocycles. The van der Waals surface area contributed by atoms with Crippen molar-refractivity contribution >= 4 is 43.8 Å². The Hall–Kier alpha value is -0.180. The lowest BCUT2D eigenvalue weighted by atomic mass is 10.0. The minimum absolute atomic E-state index is 0.277. The zero-order valence-corrected chi connectivity index (χ0v) is 14.0. The summed E-state index contributed by atoms with van der Waals surface area (Å²) in [5.74, 6) is -0.957. The van der Waals surface area contributed by atoms with E-state index in [2.05, 4.69) is 31.9 Å². The molecular formula is C11H16Br2O6. The van der Waals surface area contributed by atoms with Gasteiger partial charge in [-0.25, -0.2) is 0 Å². The van der Waals surface area contributed by atoms with Crippen LogP contribution >= 0.6 is 31.9 Å². The van der Waals surface area contributed by atoms with E-state index >= 15 is 0 Å². The maximum Gasteiger partial charge on any atom is 0.303 e. The minimum atomic E-state index is -0.814. The number of ether oxygens (including phenoxy) is 4. The summed E-state index contributed by atoms with van der Waals surface area (Å²) < 4.78 is 21.2. The normalized spacial score (nSPS) is 34.7. The van der Waals surface area contributed by atoms with Crippen LogP contribution in [-0.4, -0.2) is 53.8 Å². The first-order valence-electron chi connectivity index (χ1n) is 5.63. The number of halogens is 2. The Balaban J connectivity index is 2.96. The fraction of sp³-hybridized carbons (Fsp3) is 0.818. The molecule has 19 heavy (non-hydrogen) atoms. The number of rotatable bonds is 4. The van der Waals surface area contributed by atoms with Crippen molar-refractivity contribution in [1.29, 1.82) is 0 Å². The summed E-state index contributed by atoms with van der Waals surface area (Å²) in [5, 5.41) is 0.521. The standard InChI is InChI=1S/C11H16Br2O6/c1-5(14)17-9-8(13)7(4-12)19-11(16-3)10(9)18-6(2)15/h7-11H,4H2,1-3H3/t7-,8+,9+,10-,11+/m1/s1. The molecule has 1 fully saturated rings. The van der Waals surface area contributed by atoms with Crippen LogP contribution in [0.1, 0.15) is 13.8 Å². The second-order valence-corrected chi connectivity index (χ2v) is 5.73. The Bertz CT molecular complexity index is 337. The summed E-state index contributed by atoms with van der Waals surface area (Å²) in [6.07, 6.45) is -2.56. The van der Waals surface area contributed by atoms with Gasteiger partial charge in [-0.05, 0) is 0 Å². The predicted octanol–water partition coefficient (Wildman–Crippen LogP) is 1.38. The molecule has 5 atom stereocenters. The summed E-state index contributed by atoms with van der Waals surface area (Å²) in [6.45, 7) is 2.57. The van der Waals surface area contributed by atoms with Crippen LogP contribution in [-0.2, 0) is 28.5 Å². The Morgan fingerprint density at radius 3 is 2.11 bits per heavy atom. The molecule has 0 aromatic heterocycles. The molecule has 0 aromatic rings. The molecule has 1 aliphatic heterocycles. The average Bonchev–Trinajstić information content (AvgIpc) is 2.33. The van der Waals surface area contributed by atoms with E-state index < -0.39 is 30.4 Å². The third-order valence-corrected chi connectivity index (χ3v) is 4.31. The van der Waals surface area contributed by atoms with Gasteiger partial charge in [0.15, 0.2) is 18.5 Å². The van der Waals surface area contributed by atoms with Crippen LogP contribution in [0.3, 0.4) is 0 Å². The van der Waals surface area contributed by atoms with Gasteiger partial charge in [0, 0.05) is 26.3 Å². The van der Waals surface area contributed by atoms with Crippen molar-refractivity contribution in [3.05, 3.63) is 0 Å². The van der Waals surface area contributed by atoms with Crippen LogP contribution in [0.2, 0.25) is 0 Å². The lowest BCUT2D eigenvalue weighted by Crippen LogP contribution is -2.59. The van der Waals surface area contributed by atoms with Crippen molar-refractivity contribution in [3.63, 3.8) is 0 Å². The second-order valence-electron chi connectivity index (χ2n) is 4.03. The van der Waals surface area contributed by atoms with E-state index in [1.54, 1.807) is 0 Å². The molecule has 1 rings (SSSR count). The van der Waals surface area contributed by atoms with Gasteiger partial charge in [-0.2, -0.15) is 0 Å². The van der Waals surface area contributed by atoms with Gasteiger partial charge in [-0.1, -0.05) is 31.9 Å². The molecule has 0 N–H and O–H groups in total. The Morgan fingerprint density at radius 1 is 1.16 bits per heavy atom. The quantitative estimate of drug-likeness (QED) is 0.521. The van der Waals surface area contributed by atoms with E-state index in [0.29, 0.717) is 5.33 Å². The van der Waals surface area contributed by atoms with E-state index in [0.717, 1.165) is 0 Å². The van der Waals surface area contributed by atoms with Gasteiger partial charge in [-0.15, -0.1) is 0 Å². The Morgan fingerprint density at radius 2 is 1.68 bits per heavy atom. The molecule has 0 saturated carbocycles. The first-order valence-corrected chi connectivity index (χ1v) is 7.67. The molecule has 110 valence electrons. The number of hydrogen-bond acceptors (Lipinski definition) is 6. The molecule has 1 aliphatic rings. The molecule has 0 unspecified atom stereocenters. The van der Waals surface area contributed by atoms with Gasteiger partial charge in [0.1, 0.15) is 0 Å². The van der Waals surface area contributed by atoms with Crippen LogP contribution < -0.4 is 0 Å². The number of carbonyl (C=O) groups is 2. The maximum atomic E-state index is 11.2. The zero-order chi connectivity index (χ0) is 14.6. The highest BCUT2D eigenvalue weighted by Gasteiger charge is 2.48. The molecule has 0 amide bonds. The van der Waals surface area contributed by atoms with Crippen molar-refractivity contribution < 1.29 is 28.5 Å². The van der Waals surface area contributed by atoms with Crippen molar-refractivity contribution in [1.82, 2.24) is 0 Å². The Labute approximate surface area is 128 Å². The van der Waals surface area contributed by atoms with Gasteiger partial charge in [-0.3, -0.25) is 9.59 Å². The highest BCUT2D eigenvalue weighted by atomic mass is 79.9. The summed E-state index contributed by atoms with van der Waals surface area (Å²) >= 11 is 6.73. The molecule has 6 nitrogen and oxygen atoms in total. The van der Waals surface area contributed by atoms with Crippen molar-refractivity contribution in [2.75, 3.05) is 12.4 Å². The van der Waals surface area contributed by atoms with Crippen LogP contribution in [0.4, 0.5) is 0 Å². The molecule has 0 radical (unpaired) electrons. The van der Waals surface area contributed by atoms with Crippen LogP contribution in [0.25, 0.3) is 0 Å². The van der Waals surface area contributed by atoms with Crippen molar-refractivity contribution in [2.45, 2.75) is 43.3 Å². The predicted molar refractivity (Wildman–Crippen MR) is 73.3 cm³/mol. The molecule has 0 aliphatic carbocycles. The number of methoxy groups -OCH3 is 1.